The Morgan fingerprint density at radius 3 is 1.71 bits per heavy atom. The van der Waals surface area contributed by atoms with Gasteiger partial charge in [0.15, 0.2) is 0 Å². The molecule has 1 saturated heterocycles. The van der Waals surface area contributed by atoms with Gasteiger partial charge in [-0.2, -0.15) is 30.6 Å². The van der Waals surface area contributed by atoms with Crippen LogP contribution in [0.25, 0.3) is 0 Å². The van der Waals surface area contributed by atoms with Gasteiger partial charge in [0.2, 0.25) is 10.0 Å². The van der Waals surface area contributed by atoms with Crippen LogP contribution in [0.3, 0.4) is 0 Å². The van der Waals surface area contributed by atoms with Gasteiger partial charge in [-0.25, -0.2) is 8.42 Å². The average molecular weight is 377 g/mol. The largest absolute Gasteiger partial charge is 0.416 e. The van der Waals surface area contributed by atoms with Crippen LogP contribution in [-0.2, 0) is 22.4 Å². The van der Waals surface area contributed by atoms with E-state index in [1.807, 2.05) is 0 Å². The highest BCUT2D eigenvalue weighted by molar-refractivity contribution is 7.89. The fourth-order valence-corrected chi connectivity index (χ4v) is 3.85. The van der Waals surface area contributed by atoms with Crippen molar-refractivity contribution >= 4 is 10.0 Å². The zero-order chi connectivity index (χ0) is 18.3. The first-order valence-electron chi connectivity index (χ1n) is 6.79. The van der Waals surface area contributed by atoms with Crippen LogP contribution in [-0.4, -0.2) is 37.0 Å². The number of halogens is 6. The molecule has 2 rings (SSSR count). The molecule has 0 bridgehead atoms. The number of benzene rings is 1. The van der Waals surface area contributed by atoms with Crippen LogP contribution in [0.1, 0.15) is 24.0 Å². The lowest BCUT2D eigenvalue weighted by Crippen LogP contribution is -2.40. The molecular formula is C13H13F6NO3S. The minimum absolute atomic E-state index is 0.0598. The van der Waals surface area contributed by atoms with Crippen LogP contribution in [0.15, 0.2) is 23.1 Å². The van der Waals surface area contributed by atoms with Crippen molar-refractivity contribution in [2.24, 2.45) is 0 Å². The molecule has 0 saturated carbocycles. The third-order valence-electron chi connectivity index (χ3n) is 3.62. The fourth-order valence-electron chi connectivity index (χ4n) is 2.31. The Morgan fingerprint density at radius 1 is 0.917 bits per heavy atom. The minimum atomic E-state index is -5.12. The van der Waals surface area contributed by atoms with Crippen molar-refractivity contribution in [3.63, 3.8) is 0 Å². The molecule has 1 N–H and O–H groups in total. The second kappa shape index (κ2) is 6.19. The number of piperidine rings is 1. The lowest BCUT2D eigenvalue weighted by molar-refractivity contribution is -0.143. The second-order valence-electron chi connectivity index (χ2n) is 5.38. The summed E-state index contributed by atoms with van der Waals surface area (Å²) in [7, 11) is -4.53. The molecule has 0 radical (unpaired) electrons. The van der Waals surface area contributed by atoms with Crippen molar-refractivity contribution in [1.82, 2.24) is 4.31 Å². The predicted molar refractivity (Wildman–Crippen MR) is 70.4 cm³/mol. The van der Waals surface area contributed by atoms with E-state index in [0.717, 1.165) is 4.31 Å². The first kappa shape index (κ1) is 19.0. The number of hydrogen-bond donors (Lipinski definition) is 1. The maximum absolute atomic E-state index is 12.8. The van der Waals surface area contributed by atoms with Gasteiger partial charge in [0.1, 0.15) is 0 Å². The molecule has 0 spiro atoms. The topological polar surface area (TPSA) is 57.6 Å². The van der Waals surface area contributed by atoms with Gasteiger partial charge in [0.05, 0.1) is 22.1 Å². The molecule has 11 heteroatoms. The fraction of sp³-hybridized carbons (Fsp3) is 0.538. The van der Waals surface area contributed by atoms with Gasteiger partial charge in [0, 0.05) is 13.1 Å². The molecule has 0 atom stereocenters. The summed E-state index contributed by atoms with van der Waals surface area (Å²) < 4.78 is 102. The van der Waals surface area contributed by atoms with Gasteiger partial charge in [-0.05, 0) is 31.0 Å². The summed E-state index contributed by atoms with van der Waals surface area (Å²) in [6.07, 6.45) is -10.9. The molecule has 136 valence electrons. The Morgan fingerprint density at radius 2 is 1.33 bits per heavy atom. The highest BCUT2D eigenvalue weighted by Gasteiger charge is 2.39. The quantitative estimate of drug-likeness (QED) is 0.807. The van der Waals surface area contributed by atoms with Crippen LogP contribution in [0.4, 0.5) is 26.3 Å². The molecule has 1 heterocycles. The zero-order valence-corrected chi connectivity index (χ0v) is 12.8. The van der Waals surface area contributed by atoms with Crippen molar-refractivity contribution in [2.45, 2.75) is 36.2 Å². The summed E-state index contributed by atoms with van der Waals surface area (Å²) in [6, 6.07) is 0.254. The summed E-state index contributed by atoms with van der Waals surface area (Å²) in [4.78, 5) is -1.07. The van der Waals surface area contributed by atoms with Crippen LogP contribution >= 0.6 is 0 Å². The third kappa shape index (κ3) is 4.01. The highest BCUT2D eigenvalue weighted by atomic mass is 32.2. The Bertz CT molecular complexity index is 673. The molecule has 1 fully saturated rings. The van der Waals surface area contributed by atoms with Crippen LogP contribution in [0.5, 0.6) is 0 Å². The first-order valence-corrected chi connectivity index (χ1v) is 8.23. The van der Waals surface area contributed by atoms with E-state index in [2.05, 4.69) is 0 Å². The number of sulfonamides is 1. The molecule has 1 aromatic rings. The zero-order valence-electron chi connectivity index (χ0n) is 12.0. The normalized spacial score (nSPS) is 18.8. The summed E-state index contributed by atoms with van der Waals surface area (Å²) in [6.45, 7) is -0.359. The van der Waals surface area contributed by atoms with Gasteiger partial charge in [0.25, 0.3) is 0 Å². The Hall–Kier alpha value is -1.33. The van der Waals surface area contributed by atoms with Crippen molar-refractivity contribution in [2.75, 3.05) is 13.1 Å². The average Bonchev–Trinajstić information content (AvgIpc) is 2.45. The standard InChI is InChI=1S/C13H13F6NO3S/c14-12(15,16)8-5-9(13(17,18)19)7-11(6-8)24(22,23)20-3-1-10(21)2-4-20/h5-7,10,21H,1-4H2. The van der Waals surface area contributed by atoms with Crippen molar-refractivity contribution in [3.05, 3.63) is 29.3 Å². The Kier molecular flexibility index (Phi) is 4.90. The van der Waals surface area contributed by atoms with E-state index in [4.69, 9.17) is 0 Å². The summed E-state index contributed by atoms with van der Waals surface area (Å²) in [5.74, 6) is 0. The second-order valence-corrected chi connectivity index (χ2v) is 7.31. The molecule has 4 nitrogen and oxygen atoms in total. The number of nitrogens with zero attached hydrogens (tertiary/aromatic N) is 1. The predicted octanol–water partition coefficient (Wildman–Crippen LogP) is 2.87. The van der Waals surface area contributed by atoms with Crippen molar-refractivity contribution in [3.8, 4) is 0 Å². The van der Waals surface area contributed by atoms with E-state index < -0.39 is 44.5 Å². The molecule has 1 aromatic carbocycles. The molecule has 24 heavy (non-hydrogen) atoms. The minimum Gasteiger partial charge on any atom is -0.393 e. The summed E-state index contributed by atoms with van der Waals surface area (Å²) in [5.41, 5.74) is -3.37. The number of hydrogen-bond acceptors (Lipinski definition) is 3. The maximum Gasteiger partial charge on any atom is 0.416 e. The van der Waals surface area contributed by atoms with Gasteiger partial charge < -0.3 is 5.11 Å². The smallest absolute Gasteiger partial charge is 0.393 e. The van der Waals surface area contributed by atoms with Gasteiger partial charge >= 0.3 is 12.4 Å². The van der Waals surface area contributed by atoms with Gasteiger partial charge in [-0.3, -0.25) is 0 Å². The third-order valence-corrected chi connectivity index (χ3v) is 5.50. The van der Waals surface area contributed by atoms with Crippen molar-refractivity contribution in [1.29, 1.82) is 0 Å². The Balaban J connectivity index is 2.52. The molecule has 0 amide bonds. The monoisotopic (exact) mass is 377 g/mol. The molecule has 1 aliphatic heterocycles. The molecule has 0 aromatic heterocycles. The SMILES string of the molecule is O=S(=O)(c1cc(C(F)(F)F)cc(C(F)(F)F)c1)N1CCC(O)CC1. The number of rotatable bonds is 2. The van der Waals surface area contributed by atoms with Crippen molar-refractivity contribution < 1.29 is 39.9 Å². The lowest BCUT2D eigenvalue weighted by Gasteiger charge is -2.29. The van der Waals surface area contributed by atoms with E-state index in [0.29, 0.717) is 0 Å². The lowest BCUT2D eigenvalue weighted by atomic mass is 10.1. The van der Waals surface area contributed by atoms with E-state index in [-0.39, 0.29) is 44.1 Å². The van der Waals surface area contributed by atoms with Crippen LogP contribution in [0, 0.1) is 0 Å². The number of aliphatic hydroxyl groups excluding tert-OH is 1. The molecule has 0 aliphatic carbocycles. The maximum atomic E-state index is 12.8. The van der Waals surface area contributed by atoms with Crippen LogP contribution in [0.2, 0.25) is 0 Å². The Labute approximate surface area is 133 Å². The summed E-state index contributed by atoms with van der Waals surface area (Å²) in [5, 5.41) is 9.35. The van der Waals surface area contributed by atoms with Gasteiger partial charge in [-0.1, -0.05) is 0 Å². The number of aliphatic hydroxyl groups is 1. The molecule has 0 unspecified atom stereocenters. The first-order chi connectivity index (χ1) is 10.8. The summed E-state index contributed by atoms with van der Waals surface area (Å²) >= 11 is 0. The molecule has 1 aliphatic rings. The number of alkyl halides is 6. The van der Waals surface area contributed by atoms with E-state index in [1.54, 1.807) is 0 Å². The van der Waals surface area contributed by atoms with E-state index in [9.17, 15) is 39.9 Å². The highest BCUT2D eigenvalue weighted by Crippen LogP contribution is 2.38. The molecular weight excluding hydrogens is 364 g/mol. The van der Waals surface area contributed by atoms with Gasteiger partial charge in [-0.15, -0.1) is 0 Å². The van der Waals surface area contributed by atoms with Crippen LogP contribution < -0.4 is 0 Å². The van der Waals surface area contributed by atoms with E-state index >= 15 is 0 Å². The van der Waals surface area contributed by atoms with E-state index in [1.165, 1.54) is 0 Å².